The Bertz CT molecular complexity index is 829. The fourth-order valence-corrected chi connectivity index (χ4v) is 3.14. The van der Waals surface area contributed by atoms with E-state index in [-0.39, 0.29) is 12.3 Å². The summed E-state index contributed by atoms with van der Waals surface area (Å²) in [6.45, 7) is 8.51. The van der Waals surface area contributed by atoms with Gasteiger partial charge in [0.05, 0.1) is 6.33 Å². The Morgan fingerprint density at radius 1 is 1.11 bits per heavy atom. The topological polar surface area (TPSA) is 104 Å². The van der Waals surface area contributed by atoms with E-state index in [4.69, 9.17) is 0 Å². The summed E-state index contributed by atoms with van der Waals surface area (Å²) in [7, 11) is 0. The summed E-state index contributed by atoms with van der Waals surface area (Å²) >= 11 is 0. The second kappa shape index (κ2) is 9.50. The van der Waals surface area contributed by atoms with Crippen molar-refractivity contribution in [1.82, 2.24) is 14.9 Å². The van der Waals surface area contributed by atoms with Gasteiger partial charge in [-0.15, -0.1) is 0 Å². The van der Waals surface area contributed by atoms with Crippen molar-refractivity contribution >= 4 is 11.9 Å². The molecule has 28 heavy (non-hydrogen) atoms. The molecule has 1 heterocycles. The van der Waals surface area contributed by atoms with Crippen LogP contribution in [0, 0.1) is 19.8 Å². The molecule has 0 radical (unpaired) electrons. The molecule has 152 valence electrons. The number of rotatable bonds is 10. The molecule has 2 atom stereocenters. The van der Waals surface area contributed by atoms with Crippen LogP contribution in [-0.2, 0) is 22.6 Å². The van der Waals surface area contributed by atoms with E-state index < -0.39 is 24.0 Å². The van der Waals surface area contributed by atoms with Gasteiger partial charge in [-0.25, -0.2) is 4.98 Å². The van der Waals surface area contributed by atoms with Crippen LogP contribution in [0.3, 0.4) is 0 Å². The summed E-state index contributed by atoms with van der Waals surface area (Å²) in [5.41, 5.74) is 4.26. The van der Waals surface area contributed by atoms with Crippen LogP contribution in [0.25, 0.3) is 0 Å². The Kier molecular flexibility index (Phi) is 7.34. The molecule has 0 bridgehead atoms. The number of benzene rings is 1. The first-order chi connectivity index (χ1) is 13.2. The van der Waals surface area contributed by atoms with E-state index in [1.54, 1.807) is 12.5 Å². The monoisotopic (exact) mass is 387 g/mol. The maximum atomic E-state index is 11.7. The average molecular weight is 387 g/mol. The highest BCUT2D eigenvalue weighted by molar-refractivity contribution is 5.77. The third kappa shape index (κ3) is 5.92. The zero-order chi connectivity index (χ0) is 20.8. The van der Waals surface area contributed by atoms with Crippen molar-refractivity contribution in [2.24, 2.45) is 5.92 Å². The minimum Gasteiger partial charge on any atom is -0.480 e. The molecule has 7 heteroatoms. The molecule has 2 aromatic rings. The van der Waals surface area contributed by atoms with Gasteiger partial charge in [0.2, 0.25) is 0 Å². The number of aryl methyl sites for hydroxylation is 2. The van der Waals surface area contributed by atoms with E-state index in [1.807, 2.05) is 24.5 Å². The van der Waals surface area contributed by atoms with Gasteiger partial charge in [-0.05, 0) is 42.9 Å². The second-order valence-corrected chi connectivity index (χ2v) is 7.71. The van der Waals surface area contributed by atoms with E-state index in [1.165, 1.54) is 11.1 Å². The molecular formula is C21H29N3O4. The average Bonchev–Trinajstić information content (AvgIpc) is 3.03. The largest absolute Gasteiger partial charge is 0.480 e. The highest BCUT2D eigenvalue weighted by Crippen LogP contribution is 2.14. The maximum Gasteiger partial charge on any atom is 0.321 e. The quantitative estimate of drug-likeness (QED) is 0.579. The lowest BCUT2D eigenvalue weighted by molar-refractivity contribution is -0.142. The van der Waals surface area contributed by atoms with Crippen molar-refractivity contribution in [1.29, 1.82) is 0 Å². The zero-order valence-corrected chi connectivity index (χ0v) is 16.8. The van der Waals surface area contributed by atoms with Gasteiger partial charge in [0, 0.05) is 24.9 Å². The van der Waals surface area contributed by atoms with Crippen LogP contribution in [0.5, 0.6) is 0 Å². The Labute approximate surface area is 165 Å². The first-order valence-electron chi connectivity index (χ1n) is 9.44. The number of aliphatic carboxylic acids is 2. The highest BCUT2D eigenvalue weighted by Gasteiger charge is 2.27. The zero-order valence-electron chi connectivity index (χ0n) is 16.8. The molecule has 1 aromatic heterocycles. The standard InChI is InChI=1S/C21H29N3O4/c1-13(2)7-18(20(25)26)23-19(21(27)28)9-17-10-22-12-24(17)11-16-6-5-14(3)15(4)8-16/h5-6,8,10,12-13,18-19,23H,7,9,11H2,1-4H3,(H,25,26)(H,27,28). The lowest BCUT2D eigenvalue weighted by Crippen LogP contribution is -2.49. The number of carboxylic acid groups (broad SMARTS) is 2. The van der Waals surface area contributed by atoms with Gasteiger partial charge < -0.3 is 14.8 Å². The van der Waals surface area contributed by atoms with Crippen LogP contribution in [0.4, 0.5) is 0 Å². The summed E-state index contributed by atoms with van der Waals surface area (Å²) < 4.78 is 1.90. The number of aromatic nitrogens is 2. The van der Waals surface area contributed by atoms with E-state index in [0.717, 1.165) is 11.3 Å². The molecule has 2 rings (SSSR count). The molecule has 0 saturated carbocycles. The normalized spacial score (nSPS) is 13.5. The number of nitrogens with one attached hydrogen (secondary N) is 1. The summed E-state index contributed by atoms with van der Waals surface area (Å²) in [4.78, 5) is 27.4. The molecule has 7 nitrogen and oxygen atoms in total. The van der Waals surface area contributed by atoms with E-state index in [2.05, 4.69) is 36.3 Å². The van der Waals surface area contributed by atoms with Crippen molar-refractivity contribution in [3.05, 3.63) is 53.1 Å². The third-order valence-corrected chi connectivity index (χ3v) is 4.84. The van der Waals surface area contributed by atoms with Crippen LogP contribution < -0.4 is 5.32 Å². The first kappa shape index (κ1) is 21.6. The molecule has 0 amide bonds. The summed E-state index contributed by atoms with van der Waals surface area (Å²) in [5.74, 6) is -1.98. The van der Waals surface area contributed by atoms with Gasteiger partial charge in [-0.1, -0.05) is 32.0 Å². The number of nitrogens with zero attached hydrogens (tertiary/aromatic N) is 2. The minimum absolute atomic E-state index is 0.137. The summed E-state index contributed by atoms with van der Waals surface area (Å²) in [6, 6.07) is 4.30. The summed E-state index contributed by atoms with van der Waals surface area (Å²) in [5, 5.41) is 21.8. The van der Waals surface area contributed by atoms with Crippen LogP contribution in [-0.4, -0.2) is 43.8 Å². The first-order valence-corrected chi connectivity index (χ1v) is 9.44. The van der Waals surface area contributed by atoms with Crippen molar-refractivity contribution in [3.8, 4) is 0 Å². The number of imidazole rings is 1. The minimum atomic E-state index is -1.08. The fourth-order valence-electron chi connectivity index (χ4n) is 3.14. The van der Waals surface area contributed by atoms with Crippen LogP contribution in [0.2, 0.25) is 0 Å². The molecule has 3 N–H and O–H groups in total. The molecule has 0 aliphatic heterocycles. The Balaban J connectivity index is 2.15. The Morgan fingerprint density at radius 3 is 2.36 bits per heavy atom. The van der Waals surface area contributed by atoms with Gasteiger partial charge in [-0.3, -0.25) is 14.9 Å². The molecule has 2 unspecified atom stereocenters. The van der Waals surface area contributed by atoms with Crippen LogP contribution in [0.15, 0.2) is 30.7 Å². The predicted octanol–water partition coefficient (Wildman–Crippen LogP) is 2.63. The Morgan fingerprint density at radius 2 is 1.79 bits per heavy atom. The number of hydrogen-bond acceptors (Lipinski definition) is 4. The van der Waals surface area contributed by atoms with Crippen molar-refractivity contribution in [3.63, 3.8) is 0 Å². The number of carboxylic acids is 2. The summed E-state index contributed by atoms with van der Waals surface area (Å²) in [6.07, 6.45) is 3.83. The highest BCUT2D eigenvalue weighted by atomic mass is 16.4. The predicted molar refractivity (Wildman–Crippen MR) is 106 cm³/mol. The molecule has 0 aliphatic rings. The van der Waals surface area contributed by atoms with Crippen LogP contribution in [0.1, 0.15) is 42.7 Å². The second-order valence-electron chi connectivity index (χ2n) is 7.71. The van der Waals surface area contributed by atoms with E-state index >= 15 is 0 Å². The molecule has 1 aromatic carbocycles. The molecular weight excluding hydrogens is 358 g/mol. The maximum absolute atomic E-state index is 11.7. The SMILES string of the molecule is Cc1ccc(Cn2cncc2CC(NC(CC(C)C)C(=O)O)C(=O)O)cc1C. The van der Waals surface area contributed by atoms with Crippen molar-refractivity contribution in [2.45, 2.75) is 59.2 Å². The number of hydrogen-bond donors (Lipinski definition) is 3. The van der Waals surface area contributed by atoms with Gasteiger partial charge in [0.15, 0.2) is 0 Å². The van der Waals surface area contributed by atoms with E-state index in [0.29, 0.717) is 13.0 Å². The van der Waals surface area contributed by atoms with Crippen LogP contribution >= 0.6 is 0 Å². The van der Waals surface area contributed by atoms with Gasteiger partial charge in [-0.2, -0.15) is 0 Å². The molecule has 0 saturated heterocycles. The van der Waals surface area contributed by atoms with Gasteiger partial charge in [0.1, 0.15) is 12.1 Å². The van der Waals surface area contributed by atoms with Gasteiger partial charge >= 0.3 is 11.9 Å². The lowest BCUT2D eigenvalue weighted by atomic mass is 10.0. The molecule has 0 fully saturated rings. The van der Waals surface area contributed by atoms with E-state index in [9.17, 15) is 19.8 Å². The van der Waals surface area contributed by atoms with Crippen molar-refractivity contribution < 1.29 is 19.8 Å². The molecule has 0 spiro atoms. The smallest absolute Gasteiger partial charge is 0.321 e. The Hall–Kier alpha value is -2.67. The van der Waals surface area contributed by atoms with Crippen molar-refractivity contribution in [2.75, 3.05) is 0 Å². The molecule has 0 aliphatic carbocycles. The third-order valence-electron chi connectivity index (χ3n) is 4.84. The number of carbonyl (C=O) groups is 2. The fraction of sp³-hybridized carbons (Fsp3) is 0.476. The van der Waals surface area contributed by atoms with Gasteiger partial charge in [0.25, 0.3) is 0 Å². The lowest BCUT2D eigenvalue weighted by Gasteiger charge is -2.22.